The Balaban J connectivity index is 1.82. The quantitative estimate of drug-likeness (QED) is 0.588. The average Bonchev–Trinajstić information content (AvgIpc) is 3.09. The van der Waals surface area contributed by atoms with Gasteiger partial charge in [-0.3, -0.25) is 14.7 Å². The van der Waals surface area contributed by atoms with Crippen LogP contribution in [0.5, 0.6) is 5.75 Å². The fourth-order valence-corrected chi connectivity index (χ4v) is 3.10. The zero-order valence-electron chi connectivity index (χ0n) is 14.5. The Bertz CT molecular complexity index is 980. The molecule has 0 radical (unpaired) electrons. The molecule has 0 saturated heterocycles. The molecule has 0 aliphatic carbocycles. The van der Waals surface area contributed by atoms with Crippen LogP contribution in [0.4, 0.5) is 9.18 Å². The van der Waals surface area contributed by atoms with Crippen LogP contribution in [0.1, 0.15) is 5.82 Å². The van der Waals surface area contributed by atoms with Gasteiger partial charge >= 0.3 is 6.03 Å². The maximum atomic E-state index is 13.8. The number of para-hydroxylation sites is 2. The van der Waals surface area contributed by atoms with Crippen molar-refractivity contribution in [2.24, 2.45) is 5.73 Å². The molecule has 1 heterocycles. The number of carbonyl (C=O) groups is 2. The van der Waals surface area contributed by atoms with Gasteiger partial charge in [0.05, 0.1) is 5.75 Å². The van der Waals surface area contributed by atoms with Gasteiger partial charge in [-0.1, -0.05) is 42.1 Å². The van der Waals surface area contributed by atoms with Crippen molar-refractivity contribution in [2.75, 3.05) is 5.75 Å². The topological polar surface area (TPSA) is 112 Å². The van der Waals surface area contributed by atoms with Crippen LogP contribution < -0.4 is 15.8 Å². The van der Waals surface area contributed by atoms with Crippen LogP contribution in [-0.4, -0.2) is 32.5 Å². The molecule has 144 valence electrons. The molecule has 10 heteroatoms. The molecule has 3 N–H and O–H groups in total. The number of nitrogens with two attached hydrogens (primary N) is 1. The first-order chi connectivity index (χ1) is 13.5. The molecule has 3 rings (SSSR count). The van der Waals surface area contributed by atoms with Gasteiger partial charge in [0.15, 0.2) is 22.5 Å². The molecule has 0 spiro atoms. The Kier molecular flexibility index (Phi) is 6.22. The van der Waals surface area contributed by atoms with Gasteiger partial charge in [-0.2, -0.15) is 0 Å². The summed E-state index contributed by atoms with van der Waals surface area (Å²) in [6.45, 7) is -0.0309. The largest absolute Gasteiger partial charge is 0.483 e. The monoisotopic (exact) mass is 401 g/mol. The van der Waals surface area contributed by atoms with E-state index in [1.165, 1.54) is 12.1 Å². The van der Waals surface area contributed by atoms with Crippen molar-refractivity contribution < 1.29 is 18.7 Å². The minimum atomic E-state index is -0.922. The number of rotatable bonds is 7. The highest BCUT2D eigenvalue weighted by Crippen LogP contribution is 2.23. The molecule has 0 aliphatic heterocycles. The van der Waals surface area contributed by atoms with Crippen molar-refractivity contribution in [2.45, 2.75) is 11.8 Å². The van der Waals surface area contributed by atoms with Crippen molar-refractivity contribution in [3.05, 3.63) is 66.2 Å². The lowest BCUT2D eigenvalue weighted by molar-refractivity contribution is -0.117. The van der Waals surface area contributed by atoms with E-state index in [9.17, 15) is 14.0 Å². The molecular weight excluding hydrogens is 385 g/mol. The van der Waals surface area contributed by atoms with E-state index in [-0.39, 0.29) is 18.1 Å². The van der Waals surface area contributed by atoms with E-state index < -0.39 is 17.8 Å². The van der Waals surface area contributed by atoms with Crippen molar-refractivity contribution in [1.82, 2.24) is 20.1 Å². The van der Waals surface area contributed by atoms with Gasteiger partial charge in [0.2, 0.25) is 5.91 Å². The number of nitrogens with one attached hydrogen (secondary N) is 1. The predicted molar refractivity (Wildman–Crippen MR) is 101 cm³/mol. The van der Waals surface area contributed by atoms with E-state index in [0.29, 0.717) is 11.0 Å². The van der Waals surface area contributed by atoms with Crippen LogP contribution in [0.3, 0.4) is 0 Å². The highest BCUT2D eigenvalue weighted by atomic mass is 32.2. The van der Waals surface area contributed by atoms with Crippen molar-refractivity contribution >= 4 is 23.7 Å². The number of hydrogen-bond acceptors (Lipinski definition) is 6. The normalized spacial score (nSPS) is 10.5. The second-order valence-corrected chi connectivity index (χ2v) is 6.43. The summed E-state index contributed by atoms with van der Waals surface area (Å²) in [7, 11) is 0. The fraction of sp³-hybridized carbons (Fsp3) is 0.111. The fourth-order valence-electron chi connectivity index (χ4n) is 2.33. The predicted octanol–water partition coefficient (Wildman–Crippen LogP) is 2.27. The van der Waals surface area contributed by atoms with Gasteiger partial charge in [-0.05, 0) is 24.3 Å². The van der Waals surface area contributed by atoms with Gasteiger partial charge in [0.1, 0.15) is 6.61 Å². The molecule has 0 aliphatic rings. The maximum absolute atomic E-state index is 13.8. The lowest BCUT2D eigenvalue weighted by atomic mass is 10.3. The number of hydrogen-bond donors (Lipinski definition) is 2. The highest BCUT2D eigenvalue weighted by Gasteiger charge is 2.17. The third-order valence-electron chi connectivity index (χ3n) is 3.50. The summed E-state index contributed by atoms with van der Waals surface area (Å²) in [5.41, 5.74) is 5.68. The zero-order valence-corrected chi connectivity index (χ0v) is 15.4. The Hall–Kier alpha value is -3.40. The summed E-state index contributed by atoms with van der Waals surface area (Å²) in [4.78, 5) is 22.4. The van der Waals surface area contributed by atoms with E-state index in [0.717, 1.165) is 17.4 Å². The number of thioether (sulfide) groups is 1. The van der Waals surface area contributed by atoms with Crippen LogP contribution in [-0.2, 0) is 11.4 Å². The Morgan fingerprint density at radius 2 is 1.82 bits per heavy atom. The zero-order chi connectivity index (χ0) is 19.9. The Labute approximate surface area is 163 Å². The SMILES string of the molecule is NC(=O)NC(=O)CSc1nnc(COc2ccccc2F)n1-c1ccccc1. The molecule has 8 nitrogen and oxygen atoms in total. The second kappa shape index (κ2) is 9.00. The maximum Gasteiger partial charge on any atom is 0.318 e. The van der Waals surface area contributed by atoms with Gasteiger partial charge in [0.25, 0.3) is 0 Å². The molecule has 2 aromatic carbocycles. The first-order valence-corrected chi connectivity index (χ1v) is 9.12. The third-order valence-corrected chi connectivity index (χ3v) is 4.43. The van der Waals surface area contributed by atoms with Crippen LogP contribution >= 0.6 is 11.8 Å². The number of ether oxygens (including phenoxy) is 1. The third kappa shape index (κ3) is 4.86. The number of halogens is 1. The molecule has 0 bridgehead atoms. The number of imide groups is 1. The number of amides is 3. The van der Waals surface area contributed by atoms with E-state index in [4.69, 9.17) is 10.5 Å². The molecular formula is C18H16FN5O3S. The van der Waals surface area contributed by atoms with E-state index in [1.807, 2.05) is 35.6 Å². The summed E-state index contributed by atoms with van der Waals surface area (Å²) >= 11 is 1.08. The first kappa shape index (κ1) is 19.4. The number of aromatic nitrogens is 3. The van der Waals surface area contributed by atoms with Crippen molar-refractivity contribution in [1.29, 1.82) is 0 Å². The van der Waals surface area contributed by atoms with Crippen LogP contribution in [0.2, 0.25) is 0 Å². The minimum Gasteiger partial charge on any atom is -0.483 e. The number of nitrogens with zero attached hydrogens (tertiary/aromatic N) is 3. The van der Waals surface area contributed by atoms with Gasteiger partial charge < -0.3 is 10.5 Å². The van der Waals surface area contributed by atoms with Crippen molar-refractivity contribution in [3.63, 3.8) is 0 Å². The summed E-state index contributed by atoms with van der Waals surface area (Å²) in [6, 6.07) is 14.3. The first-order valence-electron chi connectivity index (χ1n) is 8.13. The second-order valence-electron chi connectivity index (χ2n) is 5.49. The molecule has 0 atom stereocenters. The standard InChI is InChI=1S/C18H16FN5O3S/c19-13-8-4-5-9-14(13)27-10-15-22-23-18(28-11-16(25)21-17(20)26)24(15)12-6-2-1-3-7-12/h1-9H,10-11H2,(H3,20,21,25,26). The molecule has 3 aromatic rings. The van der Waals surface area contributed by atoms with Crippen LogP contribution in [0, 0.1) is 5.82 Å². The minimum absolute atomic E-state index is 0.0309. The number of primary amides is 1. The molecule has 28 heavy (non-hydrogen) atoms. The van der Waals surface area contributed by atoms with E-state index in [2.05, 4.69) is 10.2 Å². The molecule has 0 saturated carbocycles. The van der Waals surface area contributed by atoms with Gasteiger partial charge in [0, 0.05) is 5.69 Å². The molecule has 1 aromatic heterocycles. The lowest BCUT2D eigenvalue weighted by Gasteiger charge is -2.11. The molecule has 3 amide bonds. The van der Waals surface area contributed by atoms with Crippen molar-refractivity contribution in [3.8, 4) is 11.4 Å². The van der Waals surface area contributed by atoms with Gasteiger partial charge in [-0.15, -0.1) is 10.2 Å². The number of urea groups is 1. The molecule has 0 fully saturated rings. The number of carbonyl (C=O) groups excluding carboxylic acids is 2. The summed E-state index contributed by atoms with van der Waals surface area (Å²) in [5, 5.41) is 10.6. The van der Waals surface area contributed by atoms with Gasteiger partial charge in [-0.25, -0.2) is 9.18 Å². The van der Waals surface area contributed by atoms with E-state index >= 15 is 0 Å². The Morgan fingerprint density at radius 1 is 1.11 bits per heavy atom. The Morgan fingerprint density at radius 3 is 2.54 bits per heavy atom. The van der Waals surface area contributed by atoms with Crippen LogP contribution in [0.15, 0.2) is 59.8 Å². The van der Waals surface area contributed by atoms with Crippen LogP contribution in [0.25, 0.3) is 5.69 Å². The molecule has 0 unspecified atom stereocenters. The highest BCUT2D eigenvalue weighted by molar-refractivity contribution is 7.99. The lowest BCUT2D eigenvalue weighted by Crippen LogP contribution is -2.36. The summed E-state index contributed by atoms with van der Waals surface area (Å²) < 4.78 is 21.0. The summed E-state index contributed by atoms with van der Waals surface area (Å²) in [6.07, 6.45) is 0. The number of benzene rings is 2. The smallest absolute Gasteiger partial charge is 0.318 e. The van der Waals surface area contributed by atoms with E-state index in [1.54, 1.807) is 16.7 Å². The average molecular weight is 401 g/mol. The summed E-state index contributed by atoms with van der Waals surface area (Å²) in [5.74, 6) is -0.593.